The Balaban J connectivity index is 1.71. The van der Waals surface area contributed by atoms with Gasteiger partial charge in [-0.15, -0.1) is 0 Å². The minimum absolute atomic E-state index is 0.0543. The van der Waals surface area contributed by atoms with E-state index in [1.165, 1.54) is 25.7 Å². The van der Waals surface area contributed by atoms with E-state index in [9.17, 15) is 4.79 Å². The normalized spacial score (nSPS) is 16.2. The fraction of sp³-hybridized carbons (Fsp3) is 0.500. The van der Waals surface area contributed by atoms with Crippen LogP contribution in [0.5, 0.6) is 0 Å². The van der Waals surface area contributed by atoms with Crippen LogP contribution >= 0.6 is 0 Å². The summed E-state index contributed by atoms with van der Waals surface area (Å²) in [5.74, 6) is 0.898. The highest BCUT2D eigenvalue weighted by molar-refractivity contribution is 5.94. The zero-order valence-corrected chi connectivity index (χ0v) is 9.61. The molecule has 0 bridgehead atoms. The van der Waals surface area contributed by atoms with Crippen molar-refractivity contribution in [2.75, 3.05) is 6.54 Å². The molecular weight excluding hydrogens is 198 g/mol. The van der Waals surface area contributed by atoms with E-state index in [1.54, 1.807) is 0 Å². The van der Waals surface area contributed by atoms with E-state index in [1.807, 2.05) is 30.3 Å². The summed E-state index contributed by atoms with van der Waals surface area (Å²) in [6, 6.07) is 9.42. The van der Waals surface area contributed by atoms with E-state index < -0.39 is 0 Å². The summed E-state index contributed by atoms with van der Waals surface area (Å²) >= 11 is 0. The van der Waals surface area contributed by atoms with Gasteiger partial charge in [0.25, 0.3) is 5.91 Å². The Labute approximate surface area is 97.1 Å². The smallest absolute Gasteiger partial charge is 0.251 e. The van der Waals surface area contributed by atoms with Crippen molar-refractivity contribution in [1.82, 2.24) is 5.32 Å². The molecule has 1 saturated carbocycles. The maximum absolute atomic E-state index is 11.7. The lowest BCUT2D eigenvalue weighted by molar-refractivity contribution is 0.0951. The van der Waals surface area contributed by atoms with Crippen LogP contribution in [0.3, 0.4) is 0 Å². The van der Waals surface area contributed by atoms with Gasteiger partial charge in [0, 0.05) is 12.1 Å². The highest BCUT2D eigenvalue weighted by Crippen LogP contribution is 2.26. The van der Waals surface area contributed by atoms with Gasteiger partial charge >= 0.3 is 0 Å². The molecule has 1 aromatic carbocycles. The average molecular weight is 217 g/mol. The van der Waals surface area contributed by atoms with Gasteiger partial charge < -0.3 is 5.32 Å². The Hall–Kier alpha value is -1.31. The third-order valence-electron chi connectivity index (χ3n) is 3.35. The number of carbonyl (C=O) groups is 1. The quantitative estimate of drug-likeness (QED) is 0.825. The Morgan fingerprint density at radius 2 is 1.88 bits per heavy atom. The zero-order valence-electron chi connectivity index (χ0n) is 9.61. The molecule has 1 fully saturated rings. The third-order valence-corrected chi connectivity index (χ3v) is 3.35. The van der Waals surface area contributed by atoms with Gasteiger partial charge in [-0.2, -0.15) is 0 Å². The summed E-state index contributed by atoms with van der Waals surface area (Å²) in [4.78, 5) is 11.7. The van der Waals surface area contributed by atoms with Crippen LogP contribution in [0.2, 0.25) is 0 Å². The van der Waals surface area contributed by atoms with Gasteiger partial charge in [-0.25, -0.2) is 0 Å². The van der Waals surface area contributed by atoms with Crippen molar-refractivity contribution in [1.29, 1.82) is 0 Å². The maximum atomic E-state index is 11.7. The molecule has 0 atom stereocenters. The molecule has 1 aliphatic rings. The van der Waals surface area contributed by atoms with Crippen LogP contribution in [0.15, 0.2) is 30.3 Å². The highest BCUT2D eigenvalue weighted by atomic mass is 16.1. The standard InChI is InChI=1S/C14H19NO/c16-14(13-8-2-1-3-9-13)15-11-10-12-6-4-5-7-12/h1-3,8-9,12H,4-7,10-11H2,(H,15,16). The second-order valence-electron chi connectivity index (χ2n) is 4.56. The molecule has 2 nitrogen and oxygen atoms in total. The van der Waals surface area contributed by atoms with Crippen LogP contribution in [0.25, 0.3) is 0 Å². The predicted octanol–water partition coefficient (Wildman–Crippen LogP) is 3.00. The van der Waals surface area contributed by atoms with Crippen LogP contribution in [0, 0.1) is 5.92 Å². The van der Waals surface area contributed by atoms with E-state index in [2.05, 4.69) is 5.32 Å². The monoisotopic (exact) mass is 217 g/mol. The van der Waals surface area contributed by atoms with Gasteiger partial charge in [-0.05, 0) is 24.5 Å². The molecule has 1 amide bonds. The molecule has 0 saturated heterocycles. The minimum Gasteiger partial charge on any atom is -0.352 e. The van der Waals surface area contributed by atoms with E-state index in [0.29, 0.717) is 0 Å². The lowest BCUT2D eigenvalue weighted by Crippen LogP contribution is -2.25. The van der Waals surface area contributed by atoms with E-state index in [0.717, 1.165) is 24.4 Å². The second-order valence-corrected chi connectivity index (χ2v) is 4.56. The van der Waals surface area contributed by atoms with Crippen LogP contribution in [0.1, 0.15) is 42.5 Å². The van der Waals surface area contributed by atoms with Gasteiger partial charge in [-0.1, -0.05) is 43.9 Å². The Morgan fingerprint density at radius 3 is 2.56 bits per heavy atom. The van der Waals surface area contributed by atoms with Crippen LogP contribution < -0.4 is 5.32 Å². The topological polar surface area (TPSA) is 29.1 Å². The fourth-order valence-corrected chi connectivity index (χ4v) is 2.38. The first-order chi connectivity index (χ1) is 7.86. The molecular formula is C14H19NO. The first-order valence-electron chi connectivity index (χ1n) is 6.19. The lowest BCUT2D eigenvalue weighted by atomic mass is 10.0. The largest absolute Gasteiger partial charge is 0.352 e. The number of benzene rings is 1. The molecule has 1 aliphatic carbocycles. The zero-order chi connectivity index (χ0) is 11.2. The average Bonchev–Trinajstić information content (AvgIpc) is 2.83. The molecule has 0 spiro atoms. The summed E-state index contributed by atoms with van der Waals surface area (Å²) in [6.07, 6.45) is 6.58. The van der Waals surface area contributed by atoms with Crippen molar-refractivity contribution in [3.8, 4) is 0 Å². The van der Waals surface area contributed by atoms with Crippen molar-refractivity contribution >= 4 is 5.91 Å². The number of rotatable bonds is 4. The minimum atomic E-state index is 0.0543. The predicted molar refractivity (Wildman–Crippen MR) is 65.4 cm³/mol. The second kappa shape index (κ2) is 5.69. The van der Waals surface area contributed by atoms with Crippen molar-refractivity contribution < 1.29 is 4.79 Å². The molecule has 1 N–H and O–H groups in total. The number of hydrogen-bond acceptors (Lipinski definition) is 1. The first kappa shape index (κ1) is 11.2. The van der Waals surface area contributed by atoms with Gasteiger partial charge in [0.15, 0.2) is 0 Å². The summed E-state index contributed by atoms with van der Waals surface area (Å²) in [6.45, 7) is 0.818. The SMILES string of the molecule is O=C(NCCC1CCCC1)c1ccccc1. The molecule has 86 valence electrons. The molecule has 0 radical (unpaired) electrons. The van der Waals surface area contributed by atoms with Crippen molar-refractivity contribution in [2.45, 2.75) is 32.1 Å². The Kier molecular flexibility index (Phi) is 3.97. The number of nitrogens with one attached hydrogen (secondary N) is 1. The van der Waals surface area contributed by atoms with E-state index in [-0.39, 0.29) is 5.91 Å². The van der Waals surface area contributed by atoms with Gasteiger partial charge in [0.1, 0.15) is 0 Å². The van der Waals surface area contributed by atoms with Crippen LogP contribution in [-0.2, 0) is 0 Å². The van der Waals surface area contributed by atoms with Gasteiger partial charge in [0.2, 0.25) is 0 Å². The van der Waals surface area contributed by atoms with Crippen molar-refractivity contribution in [3.63, 3.8) is 0 Å². The maximum Gasteiger partial charge on any atom is 0.251 e. The van der Waals surface area contributed by atoms with Crippen molar-refractivity contribution in [2.24, 2.45) is 5.92 Å². The molecule has 0 aliphatic heterocycles. The van der Waals surface area contributed by atoms with E-state index >= 15 is 0 Å². The molecule has 16 heavy (non-hydrogen) atoms. The van der Waals surface area contributed by atoms with Gasteiger partial charge in [0.05, 0.1) is 0 Å². The molecule has 2 rings (SSSR count). The number of carbonyl (C=O) groups excluding carboxylic acids is 1. The fourth-order valence-electron chi connectivity index (χ4n) is 2.38. The third kappa shape index (κ3) is 3.09. The molecule has 0 heterocycles. The molecule has 0 aromatic heterocycles. The summed E-state index contributed by atoms with van der Waals surface area (Å²) in [5, 5.41) is 2.99. The van der Waals surface area contributed by atoms with E-state index in [4.69, 9.17) is 0 Å². The Bertz CT molecular complexity index is 328. The van der Waals surface area contributed by atoms with Crippen LogP contribution in [-0.4, -0.2) is 12.5 Å². The summed E-state index contributed by atoms with van der Waals surface area (Å²) < 4.78 is 0. The highest BCUT2D eigenvalue weighted by Gasteiger charge is 2.14. The molecule has 2 heteroatoms. The van der Waals surface area contributed by atoms with Crippen LogP contribution in [0.4, 0.5) is 0 Å². The van der Waals surface area contributed by atoms with Crippen molar-refractivity contribution in [3.05, 3.63) is 35.9 Å². The summed E-state index contributed by atoms with van der Waals surface area (Å²) in [5.41, 5.74) is 0.758. The van der Waals surface area contributed by atoms with Gasteiger partial charge in [-0.3, -0.25) is 4.79 Å². The number of amides is 1. The molecule has 0 unspecified atom stereocenters. The molecule has 1 aromatic rings. The summed E-state index contributed by atoms with van der Waals surface area (Å²) in [7, 11) is 0. The number of hydrogen-bond donors (Lipinski definition) is 1. The Morgan fingerprint density at radius 1 is 1.19 bits per heavy atom. The lowest BCUT2D eigenvalue weighted by Gasteiger charge is -2.09. The first-order valence-corrected chi connectivity index (χ1v) is 6.19.